The van der Waals surface area contributed by atoms with Crippen LogP contribution in [0.2, 0.25) is 0 Å². The van der Waals surface area contributed by atoms with E-state index in [1.165, 1.54) is 11.3 Å². The van der Waals surface area contributed by atoms with Crippen molar-refractivity contribution in [2.45, 2.75) is 5.92 Å². The van der Waals surface area contributed by atoms with Crippen molar-refractivity contribution in [3.05, 3.63) is 71.2 Å². The Bertz CT molecular complexity index is 785. The first kappa shape index (κ1) is 13.0. The maximum absolute atomic E-state index is 12.8. The lowest BCUT2D eigenvalue weighted by molar-refractivity contribution is -0.116. The number of rotatable bonds is 2. The predicted octanol–water partition coefficient (Wildman–Crippen LogP) is 4.02. The number of ether oxygens (including phenoxy) is 1. The lowest BCUT2D eigenvalue weighted by Gasteiger charge is -2.27. The Morgan fingerprint density at radius 2 is 1.68 bits per heavy atom. The molecule has 22 heavy (non-hydrogen) atoms. The molecule has 0 spiro atoms. The molecule has 1 aromatic heterocycles. The quantitative estimate of drug-likeness (QED) is 0.778. The van der Waals surface area contributed by atoms with E-state index in [4.69, 9.17) is 4.74 Å². The third-order valence-corrected chi connectivity index (χ3v) is 4.29. The lowest BCUT2D eigenvalue weighted by Crippen LogP contribution is -2.24. The van der Waals surface area contributed by atoms with Crippen LogP contribution in [0.25, 0.3) is 0 Å². The number of thiazole rings is 1. The van der Waals surface area contributed by atoms with Crippen molar-refractivity contribution in [3.8, 4) is 11.5 Å². The van der Waals surface area contributed by atoms with Gasteiger partial charge in [0.25, 0.3) is 0 Å². The average Bonchev–Trinajstić information content (AvgIpc) is 3.05. The van der Waals surface area contributed by atoms with Gasteiger partial charge in [0, 0.05) is 22.7 Å². The maximum Gasteiger partial charge on any atom is 0.238 e. The predicted molar refractivity (Wildman–Crippen MR) is 85.5 cm³/mol. The molecule has 1 aliphatic heterocycles. The van der Waals surface area contributed by atoms with Crippen LogP contribution in [0.4, 0.5) is 5.13 Å². The van der Waals surface area contributed by atoms with E-state index in [0.29, 0.717) is 5.13 Å². The van der Waals surface area contributed by atoms with Gasteiger partial charge >= 0.3 is 0 Å². The van der Waals surface area contributed by atoms with Gasteiger partial charge in [-0.25, -0.2) is 4.98 Å². The van der Waals surface area contributed by atoms with E-state index in [1.807, 2.05) is 53.9 Å². The average molecular weight is 308 g/mol. The van der Waals surface area contributed by atoms with Crippen LogP contribution in [0.3, 0.4) is 0 Å². The molecule has 1 aliphatic rings. The zero-order valence-electron chi connectivity index (χ0n) is 11.5. The van der Waals surface area contributed by atoms with Gasteiger partial charge in [0.2, 0.25) is 5.91 Å². The minimum atomic E-state index is -0.398. The van der Waals surface area contributed by atoms with E-state index in [0.717, 1.165) is 22.6 Å². The molecule has 0 saturated heterocycles. The SMILES string of the molecule is O=C(Nc1nccs1)C1c2ccccc2Oc2ccccc21. The van der Waals surface area contributed by atoms with E-state index >= 15 is 0 Å². The van der Waals surface area contributed by atoms with E-state index in [9.17, 15) is 4.79 Å². The number of nitrogens with one attached hydrogen (secondary N) is 1. The number of benzene rings is 2. The number of carbonyl (C=O) groups is 1. The maximum atomic E-state index is 12.8. The highest BCUT2D eigenvalue weighted by Crippen LogP contribution is 2.44. The third kappa shape index (κ3) is 2.16. The fraction of sp³-hybridized carbons (Fsp3) is 0.0588. The number of anilines is 1. The largest absolute Gasteiger partial charge is 0.457 e. The molecule has 0 atom stereocenters. The van der Waals surface area contributed by atoms with Gasteiger partial charge in [-0.15, -0.1) is 11.3 Å². The van der Waals surface area contributed by atoms with E-state index < -0.39 is 5.92 Å². The van der Waals surface area contributed by atoms with Crippen molar-refractivity contribution in [3.63, 3.8) is 0 Å². The first-order chi connectivity index (χ1) is 10.8. The zero-order valence-corrected chi connectivity index (χ0v) is 12.3. The summed E-state index contributed by atoms with van der Waals surface area (Å²) in [6.45, 7) is 0. The highest BCUT2D eigenvalue weighted by molar-refractivity contribution is 7.13. The minimum Gasteiger partial charge on any atom is -0.457 e. The number of hydrogen-bond donors (Lipinski definition) is 1. The second kappa shape index (κ2) is 5.27. The first-order valence-corrected chi connectivity index (χ1v) is 7.77. The molecular formula is C17H12N2O2S. The summed E-state index contributed by atoms with van der Waals surface area (Å²) in [5, 5.41) is 5.32. The summed E-state index contributed by atoms with van der Waals surface area (Å²) in [4.78, 5) is 16.9. The first-order valence-electron chi connectivity index (χ1n) is 6.89. The fourth-order valence-corrected chi connectivity index (χ4v) is 3.19. The number of fused-ring (bicyclic) bond motifs is 2. The molecule has 1 N–H and O–H groups in total. The molecule has 4 rings (SSSR count). The van der Waals surface area contributed by atoms with Gasteiger partial charge in [-0.2, -0.15) is 0 Å². The smallest absolute Gasteiger partial charge is 0.238 e. The molecular weight excluding hydrogens is 296 g/mol. The van der Waals surface area contributed by atoms with Crippen LogP contribution in [0.15, 0.2) is 60.1 Å². The third-order valence-electron chi connectivity index (χ3n) is 3.60. The summed E-state index contributed by atoms with van der Waals surface area (Å²) in [5.74, 6) is 0.948. The number of hydrogen-bond acceptors (Lipinski definition) is 4. The second-order valence-corrected chi connectivity index (χ2v) is 5.83. The molecule has 0 fully saturated rings. The van der Waals surface area contributed by atoms with Gasteiger partial charge in [-0.1, -0.05) is 36.4 Å². The van der Waals surface area contributed by atoms with Crippen LogP contribution in [0.1, 0.15) is 17.0 Å². The summed E-state index contributed by atoms with van der Waals surface area (Å²) >= 11 is 1.40. The summed E-state index contributed by atoms with van der Waals surface area (Å²) < 4.78 is 5.90. The molecule has 108 valence electrons. The molecule has 3 aromatic rings. The van der Waals surface area contributed by atoms with Crippen LogP contribution >= 0.6 is 11.3 Å². The van der Waals surface area contributed by atoms with Crippen molar-refractivity contribution in [2.75, 3.05) is 5.32 Å². The van der Waals surface area contributed by atoms with Crippen molar-refractivity contribution < 1.29 is 9.53 Å². The standard InChI is InChI=1S/C17H12N2O2S/c20-16(19-17-18-9-10-22-17)15-11-5-1-3-7-13(11)21-14-8-4-2-6-12(14)15/h1-10,15H,(H,18,19,20). The molecule has 0 unspecified atom stereocenters. The van der Waals surface area contributed by atoms with Crippen molar-refractivity contribution >= 4 is 22.4 Å². The van der Waals surface area contributed by atoms with Gasteiger partial charge in [-0.05, 0) is 12.1 Å². The molecule has 0 bridgehead atoms. The monoisotopic (exact) mass is 308 g/mol. The number of para-hydroxylation sites is 2. The lowest BCUT2D eigenvalue weighted by atomic mass is 9.87. The van der Waals surface area contributed by atoms with Crippen LogP contribution < -0.4 is 10.1 Å². The minimum absolute atomic E-state index is 0.0989. The number of amides is 1. The number of carbonyl (C=O) groups excluding carboxylic acids is 1. The van der Waals surface area contributed by atoms with Gasteiger partial charge in [-0.3, -0.25) is 4.79 Å². The highest BCUT2D eigenvalue weighted by Gasteiger charge is 2.32. The topological polar surface area (TPSA) is 51.2 Å². The number of nitrogens with zero attached hydrogens (tertiary/aromatic N) is 1. The summed E-state index contributed by atoms with van der Waals surface area (Å²) in [6.07, 6.45) is 1.67. The van der Waals surface area contributed by atoms with E-state index in [2.05, 4.69) is 10.3 Å². The fourth-order valence-electron chi connectivity index (χ4n) is 2.66. The van der Waals surface area contributed by atoms with Gasteiger partial charge in [0.05, 0.1) is 5.92 Å². The van der Waals surface area contributed by atoms with Crippen LogP contribution in [0.5, 0.6) is 11.5 Å². The highest BCUT2D eigenvalue weighted by atomic mass is 32.1. The van der Waals surface area contributed by atoms with E-state index in [1.54, 1.807) is 6.20 Å². The Balaban J connectivity index is 1.79. The second-order valence-electron chi connectivity index (χ2n) is 4.94. The zero-order chi connectivity index (χ0) is 14.9. The summed E-state index contributed by atoms with van der Waals surface area (Å²) in [7, 11) is 0. The summed E-state index contributed by atoms with van der Waals surface area (Å²) in [5.41, 5.74) is 1.74. The number of aromatic nitrogens is 1. The Hall–Kier alpha value is -2.66. The van der Waals surface area contributed by atoms with Crippen molar-refractivity contribution in [1.29, 1.82) is 0 Å². The van der Waals surface area contributed by atoms with Gasteiger partial charge in [0.1, 0.15) is 11.5 Å². The van der Waals surface area contributed by atoms with Gasteiger partial charge in [0.15, 0.2) is 5.13 Å². The molecule has 4 nitrogen and oxygen atoms in total. The molecule has 0 radical (unpaired) electrons. The molecule has 0 saturated carbocycles. The van der Waals surface area contributed by atoms with Crippen molar-refractivity contribution in [2.24, 2.45) is 0 Å². The van der Waals surface area contributed by atoms with Crippen LogP contribution in [-0.2, 0) is 4.79 Å². The normalized spacial score (nSPS) is 12.9. The van der Waals surface area contributed by atoms with Gasteiger partial charge < -0.3 is 10.1 Å². The molecule has 5 heteroatoms. The Morgan fingerprint density at radius 1 is 1.05 bits per heavy atom. The van der Waals surface area contributed by atoms with Crippen molar-refractivity contribution in [1.82, 2.24) is 4.98 Å². The Morgan fingerprint density at radius 3 is 2.27 bits per heavy atom. The molecule has 2 heterocycles. The molecule has 1 amide bonds. The molecule has 2 aromatic carbocycles. The van der Waals surface area contributed by atoms with Crippen LogP contribution in [-0.4, -0.2) is 10.9 Å². The molecule has 0 aliphatic carbocycles. The Labute approximate surface area is 131 Å². The summed E-state index contributed by atoms with van der Waals surface area (Å²) in [6, 6.07) is 15.3. The Kier molecular flexibility index (Phi) is 3.12. The van der Waals surface area contributed by atoms with Crippen LogP contribution in [0, 0.1) is 0 Å². The van der Waals surface area contributed by atoms with E-state index in [-0.39, 0.29) is 5.91 Å².